The third kappa shape index (κ3) is 3.58. The van der Waals surface area contributed by atoms with Gasteiger partial charge in [0.05, 0.1) is 19.2 Å². The van der Waals surface area contributed by atoms with E-state index in [1.807, 2.05) is 42.5 Å². The van der Waals surface area contributed by atoms with Crippen LogP contribution < -0.4 is 15.7 Å². The van der Waals surface area contributed by atoms with Crippen molar-refractivity contribution in [3.63, 3.8) is 0 Å². The van der Waals surface area contributed by atoms with E-state index in [1.165, 1.54) is 0 Å². The van der Waals surface area contributed by atoms with Crippen LogP contribution in [0, 0.1) is 5.92 Å². The van der Waals surface area contributed by atoms with Crippen LogP contribution in [0.15, 0.2) is 53.3 Å². The predicted octanol–water partition coefficient (Wildman–Crippen LogP) is 2.96. The number of nitrogens with zero attached hydrogens (tertiary/aromatic N) is 2. The summed E-state index contributed by atoms with van der Waals surface area (Å²) in [6.45, 7) is 4.81. The van der Waals surface area contributed by atoms with Gasteiger partial charge in [-0.3, -0.25) is 0 Å². The normalized spacial score (nSPS) is 12.7. The number of hydrogen-bond acceptors (Lipinski definition) is 5. The summed E-state index contributed by atoms with van der Waals surface area (Å²) in [6, 6.07) is 15.8. The molecular formula is C23H26N4O3. The van der Waals surface area contributed by atoms with E-state index in [-0.39, 0.29) is 18.3 Å². The number of aromatic nitrogens is 3. The molecule has 30 heavy (non-hydrogen) atoms. The van der Waals surface area contributed by atoms with Crippen LogP contribution in [0.2, 0.25) is 0 Å². The van der Waals surface area contributed by atoms with Crippen molar-refractivity contribution in [3.8, 4) is 16.9 Å². The van der Waals surface area contributed by atoms with Crippen molar-refractivity contribution in [3.05, 3.63) is 64.6 Å². The summed E-state index contributed by atoms with van der Waals surface area (Å²) >= 11 is 0. The molecule has 0 amide bonds. The fraction of sp³-hybridized carbons (Fsp3) is 0.304. The molecule has 4 aromatic rings. The van der Waals surface area contributed by atoms with Crippen LogP contribution >= 0.6 is 0 Å². The zero-order valence-corrected chi connectivity index (χ0v) is 17.3. The number of nitrogens with one attached hydrogen (secondary N) is 2. The molecule has 0 aliphatic carbocycles. The largest absolute Gasteiger partial charge is 0.496 e. The summed E-state index contributed by atoms with van der Waals surface area (Å²) in [7, 11) is 1.65. The van der Waals surface area contributed by atoms with Crippen molar-refractivity contribution in [1.29, 1.82) is 0 Å². The van der Waals surface area contributed by atoms with E-state index in [9.17, 15) is 9.90 Å². The van der Waals surface area contributed by atoms with Gasteiger partial charge in [0.2, 0.25) is 0 Å². The third-order valence-electron chi connectivity index (χ3n) is 5.55. The summed E-state index contributed by atoms with van der Waals surface area (Å²) < 4.78 is 7.14. The first-order valence-electron chi connectivity index (χ1n) is 10.0. The number of aliphatic hydroxyl groups excluding tert-OH is 1. The SMILES string of the molecule is COc1ccc(-c2cc3n[nH]c(=O)n3c3ccccc23)cc1CNC(CO)C(C)C. The third-order valence-corrected chi connectivity index (χ3v) is 5.55. The number of aliphatic hydroxyl groups is 1. The van der Waals surface area contributed by atoms with Crippen molar-refractivity contribution in [2.75, 3.05) is 13.7 Å². The first kappa shape index (κ1) is 20.1. The van der Waals surface area contributed by atoms with Crippen molar-refractivity contribution >= 4 is 16.6 Å². The number of H-pyrrole nitrogens is 1. The monoisotopic (exact) mass is 406 g/mol. The summed E-state index contributed by atoms with van der Waals surface area (Å²) in [5, 5.41) is 20.7. The summed E-state index contributed by atoms with van der Waals surface area (Å²) in [5.41, 5.74) is 4.12. The average Bonchev–Trinajstić information content (AvgIpc) is 3.14. The minimum absolute atomic E-state index is 0.00599. The summed E-state index contributed by atoms with van der Waals surface area (Å²) in [4.78, 5) is 12.2. The second-order valence-corrected chi connectivity index (χ2v) is 7.74. The van der Waals surface area contributed by atoms with Gasteiger partial charge in [-0.1, -0.05) is 38.1 Å². The highest BCUT2D eigenvalue weighted by Gasteiger charge is 2.15. The highest BCUT2D eigenvalue weighted by Crippen LogP contribution is 2.32. The van der Waals surface area contributed by atoms with Crippen LogP contribution in [0.1, 0.15) is 19.4 Å². The van der Waals surface area contributed by atoms with Gasteiger partial charge in [-0.05, 0) is 41.3 Å². The molecule has 156 valence electrons. The molecule has 2 aromatic heterocycles. The first-order chi connectivity index (χ1) is 14.5. The minimum atomic E-state index is -0.254. The minimum Gasteiger partial charge on any atom is -0.496 e. The topological polar surface area (TPSA) is 91.7 Å². The molecule has 0 aliphatic heterocycles. The van der Waals surface area contributed by atoms with Crippen molar-refractivity contribution in [1.82, 2.24) is 19.9 Å². The molecule has 0 saturated carbocycles. The van der Waals surface area contributed by atoms with Crippen LogP contribution in [0.5, 0.6) is 5.75 Å². The van der Waals surface area contributed by atoms with Crippen LogP contribution in [-0.2, 0) is 6.54 Å². The molecule has 0 radical (unpaired) electrons. The number of ether oxygens (including phenoxy) is 1. The van der Waals surface area contributed by atoms with Crippen LogP contribution in [0.4, 0.5) is 0 Å². The number of hydrogen-bond donors (Lipinski definition) is 3. The Labute approximate surface area is 174 Å². The molecule has 1 atom stereocenters. The number of benzene rings is 2. The maximum atomic E-state index is 12.2. The molecule has 0 fully saturated rings. The fourth-order valence-corrected chi connectivity index (χ4v) is 3.82. The molecule has 0 bridgehead atoms. The van der Waals surface area contributed by atoms with Crippen LogP contribution in [0.3, 0.4) is 0 Å². The van der Waals surface area contributed by atoms with Crippen molar-refractivity contribution in [2.45, 2.75) is 26.4 Å². The highest BCUT2D eigenvalue weighted by atomic mass is 16.5. The second-order valence-electron chi connectivity index (χ2n) is 7.74. The van der Waals surface area contributed by atoms with Crippen LogP contribution in [-0.4, -0.2) is 39.5 Å². The van der Waals surface area contributed by atoms with Gasteiger partial charge in [0, 0.05) is 23.5 Å². The van der Waals surface area contributed by atoms with E-state index >= 15 is 0 Å². The van der Waals surface area contributed by atoms with E-state index in [0.717, 1.165) is 33.3 Å². The van der Waals surface area contributed by atoms with E-state index in [1.54, 1.807) is 11.5 Å². The smallest absolute Gasteiger partial charge is 0.348 e. The average molecular weight is 406 g/mol. The zero-order valence-electron chi connectivity index (χ0n) is 17.3. The summed E-state index contributed by atoms with van der Waals surface area (Å²) in [6.07, 6.45) is 0. The van der Waals surface area contributed by atoms with Gasteiger partial charge in [-0.25, -0.2) is 14.3 Å². The fourth-order valence-electron chi connectivity index (χ4n) is 3.82. The molecule has 2 aromatic carbocycles. The lowest BCUT2D eigenvalue weighted by molar-refractivity contribution is 0.209. The molecule has 4 rings (SSSR count). The predicted molar refractivity (Wildman–Crippen MR) is 118 cm³/mol. The molecule has 7 heteroatoms. The molecule has 3 N–H and O–H groups in total. The molecule has 0 aliphatic rings. The quantitative estimate of drug-likeness (QED) is 0.439. The van der Waals surface area contributed by atoms with E-state index in [0.29, 0.717) is 18.1 Å². The number of rotatable bonds is 7. The lowest BCUT2D eigenvalue weighted by Crippen LogP contribution is -2.36. The van der Waals surface area contributed by atoms with Gasteiger partial charge in [0.25, 0.3) is 0 Å². The summed E-state index contributed by atoms with van der Waals surface area (Å²) in [5.74, 6) is 1.10. The first-order valence-corrected chi connectivity index (χ1v) is 10.0. The van der Waals surface area contributed by atoms with Gasteiger partial charge in [-0.2, -0.15) is 5.10 Å². The Morgan fingerprint density at radius 1 is 1.20 bits per heavy atom. The van der Waals surface area contributed by atoms with Gasteiger partial charge in [0.15, 0.2) is 5.65 Å². The van der Waals surface area contributed by atoms with Gasteiger partial charge < -0.3 is 15.2 Å². The molecule has 0 spiro atoms. The number of aromatic amines is 1. The lowest BCUT2D eigenvalue weighted by Gasteiger charge is -2.21. The second kappa shape index (κ2) is 8.30. The van der Waals surface area contributed by atoms with Gasteiger partial charge >= 0.3 is 5.69 Å². The Morgan fingerprint density at radius 3 is 2.73 bits per heavy atom. The Balaban J connectivity index is 1.82. The van der Waals surface area contributed by atoms with Crippen molar-refractivity contribution < 1.29 is 9.84 Å². The van der Waals surface area contributed by atoms with E-state index < -0.39 is 0 Å². The molecule has 7 nitrogen and oxygen atoms in total. The molecule has 1 unspecified atom stereocenters. The number of pyridine rings is 1. The molecular weight excluding hydrogens is 380 g/mol. The maximum absolute atomic E-state index is 12.2. The number of methoxy groups -OCH3 is 1. The zero-order chi connectivity index (χ0) is 21.3. The maximum Gasteiger partial charge on any atom is 0.348 e. The van der Waals surface area contributed by atoms with Gasteiger partial charge in [0.1, 0.15) is 5.75 Å². The van der Waals surface area contributed by atoms with Crippen LogP contribution in [0.25, 0.3) is 27.7 Å². The van der Waals surface area contributed by atoms with Crippen molar-refractivity contribution in [2.24, 2.45) is 5.92 Å². The Morgan fingerprint density at radius 2 is 2.00 bits per heavy atom. The van der Waals surface area contributed by atoms with Gasteiger partial charge in [-0.15, -0.1) is 0 Å². The Bertz CT molecular complexity index is 1240. The highest BCUT2D eigenvalue weighted by molar-refractivity contribution is 5.97. The lowest BCUT2D eigenvalue weighted by atomic mass is 9.98. The number of fused-ring (bicyclic) bond motifs is 3. The molecule has 2 heterocycles. The Hall–Kier alpha value is -3.16. The standard InChI is InChI=1S/C23H26N4O3/c1-14(2)19(13-28)24-12-16-10-15(8-9-21(16)30-3)18-11-22-25-26-23(29)27(22)20-7-5-4-6-17(18)20/h4-11,14,19,24,28H,12-13H2,1-3H3,(H,26,29). The molecule has 0 saturated heterocycles. The van der Waals surface area contributed by atoms with E-state index in [2.05, 4.69) is 35.4 Å². The number of para-hydroxylation sites is 1. The Kier molecular flexibility index (Phi) is 5.57. The van der Waals surface area contributed by atoms with E-state index in [4.69, 9.17) is 4.74 Å².